The van der Waals surface area contributed by atoms with E-state index in [9.17, 15) is 0 Å². The van der Waals surface area contributed by atoms with Gasteiger partial charge in [0, 0.05) is 0 Å². The Morgan fingerprint density at radius 2 is 0.600 bits per heavy atom. The predicted octanol–water partition coefficient (Wildman–Crippen LogP) is 10.8. The molecule has 0 fully saturated rings. The van der Waals surface area contributed by atoms with Gasteiger partial charge in [-0.05, 0) is 90.9 Å². The minimum atomic E-state index is -0.677. The van der Waals surface area contributed by atoms with Crippen LogP contribution in [0.4, 0.5) is 0 Å². The Kier molecular flexibility index (Phi) is 7.28. The molecule has 0 aliphatic heterocycles. The molecule has 0 spiro atoms. The minimum Gasteiger partial charge on any atom is -0.0622 e. The van der Waals surface area contributed by atoms with Crippen LogP contribution >= 0.6 is 7.92 Å². The van der Waals surface area contributed by atoms with Crippen LogP contribution in [0.25, 0.3) is 54.9 Å². The van der Waals surface area contributed by atoms with Gasteiger partial charge in [0.1, 0.15) is 0 Å². The number of hydrogen-bond acceptors (Lipinski definition) is 0. The fourth-order valence-electron chi connectivity index (χ4n) is 6.64. The SMILES string of the molecule is c1ccc(-c2c3ccccc3c(-c3cccc(-c4cccc(P(c5ccccc5)c5ccccc5)c4)c3)c3ccccc23)cc1. The molecular weight excluding hydrogens is 559 g/mol. The minimum absolute atomic E-state index is 0.677. The van der Waals surface area contributed by atoms with Gasteiger partial charge in [0.25, 0.3) is 0 Å². The Morgan fingerprint density at radius 3 is 1.13 bits per heavy atom. The first-order valence-electron chi connectivity index (χ1n) is 15.5. The molecule has 0 bridgehead atoms. The summed E-state index contributed by atoms with van der Waals surface area (Å²) < 4.78 is 0. The predicted molar refractivity (Wildman–Crippen MR) is 196 cm³/mol. The fourth-order valence-corrected chi connectivity index (χ4v) is 8.97. The van der Waals surface area contributed by atoms with Gasteiger partial charge in [0.2, 0.25) is 0 Å². The summed E-state index contributed by atoms with van der Waals surface area (Å²) >= 11 is 0. The van der Waals surface area contributed by atoms with Crippen LogP contribution in [0.1, 0.15) is 0 Å². The molecule has 0 atom stereocenters. The molecule has 8 aromatic rings. The second-order valence-corrected chi connectivity index (χ2v) is 13.6. The lowest BCUT2D eigenvalue weighted by Crippen LogP contribution is -2.20. The van der Waals surface area contributed by atoms with Crippen molar-refractivity contribution in [3.8, 4) is 33.4 Å². The fraction of sp³-hybridized carbons (Fsp3) is 0. The van der Waals surface area contributed by atoms with Crippen LogP contribution in [0.3, 0.4) is 0 Å². The van der Waals surface area contributed by atoms with Gasteiger partial charge in [-0.25, -0.2) is 0 Å². The Morgan fingerprint density at radius 1 is 0.244 bits per heavy atom. The van der Waals surface area contributed by atoms with E-state index >= 15 is 0 Å². The summed E-state index contributed by atoms with van der Waals surface area (Å²) in [6, 6.07) is 68.7. The quantitative estimate of drug-likeness (QED) is 0.133. The van der Waals surface area contributed by atoms with Crippen molar-refractivity contribution >= 4 is 45.4 Å². The summed E-state index contributed by atoms with van der Waals surface area (Å²) in [6.07, 6.45) is 0. The van der Waals surface area contributed by atoms with Crippen LogP contribution < -0.4 is 15.9 Å². The number of hydrogen-bond donors (Lipinski definition) is 0. The highest BCUT2D eigenvalue weighted by molar-refractivity contribution is 7.79. The van der Waals surface area contributed by atoms with Crippen molar-refractivity contribution < 1.29 is 0 Å². The van der Waals surface area contributed by atoms with Gasteiger partial charge in [0.05, 0.1) is 0 Å². The lowest BCUT2D eigenvalue weighted by molar-refractivity contribution is 1.62. The van der Waals surface area contributed by atoms with Crippen molar-refractivity contribution in [2.24, 2.45) is 0 Å². The first-order valence-corrected chi connectivity index (χ1v) is 16.8. The Labute approximate surface area is 266 Å². The summed E-state index contributed by atoms with van der Waals surface area (Å²) in [5, 5.41) is 9.19. The van der Waals surface area contributed by atoms with E-state index < -0.39 is 7.92 Å². The Balaban J connectivity index is 1.30. The molecule has 0 aliphatic rings. The van der Waals surface area contributed by atoms with Crippen molar-refractivity contribution in [2.75, 3.05) is 0 Å². The summed E-state index contributed by atoms with van der Waals surface area (Å²) in [4.78, 5) is 0. The lowest BCUT2D eigenvalue weighted by atomic mass is 9.85. The smallest absolute Gasteiger partial charge is 0.00262 e. The number of fused-ring (bicyclic) bond motifs is 2. The molecule has 0 saturated heterocycles. The van der Waals surface area contributed by atoms with E-state index in [1.807, 2.05) is 0 Å². The third-order valence-electron chi connectivity index (χ3n) is 8.61. The highest BCUT2D eigenvalue weighted by atomic mass is 31.1. The highest BCUT2D eigenvalue weighted by Crippen LogP contribution is 2.44. The van der Waals surface area contributed by atoms with Crippen LogP contribution in [0.2, 0.25) is 0 Å². The van der Waals surface area contributed by atoms with Gasteiger partial charge >= 0.3 is 0 Å². The zero-order valence-corrected chi connectivity index (χ0v) is 25.7. The van der Waals surface area contributed by atoms with Crippen LogP contribution in [0.15, 0.2) is 188 Å². The molecule has 1 heteroatoms. The van der Waals surface area contributed by atoms with Gasteiger partial charge in [0.15, 0.2) is 0 Å². The molecule has 0 aliphatic carbocycles. The summed E-state index contributed by atoms with van der Waals surface area (Å²) in [5.74, 6) is 0. The molecule has 0 radical (unpaired) electrons. The largest absolute Gasteiger partial charge is 0.0622 e. The van der Waals surface area contributed by atoms with E-state index in [0.29, 0.717) is 0 Å². The summed E-state index contributed by atoms with van der Waals surface area (Å²) in [6.45, 7) is 0. The van der Waals surface area contributed by atoms with E-state index in [2.05, 4.69) is 188 Å². The topological polar surface area (TPSA) is 0 Å². The normalized spacial score (nSPS) is 11.3. The second kappa shape index (κ2) is 12.0. The molecule has 212 valence electrons. The molecule has 8 aromatic carbocycles. The Bertz CT molecular complexity index is 2160. The van der Waals surface area contributed by atoms with Crippen molar-refractivity contribution in [1.29, 1.82) is 0 Å². The van der Waals surface area contributed by atoms with Crippen molar-refractivity contribution in [3.63, 3.8) is 0 Å². The first-order chi connectivity index (χ1) is 22.3. The van der Waals surface area contributed by atoms with Gasteiger partial charge in [-0.2, -0.15) is 0 Å². The monoisotopic (exact) mass is 590 g/mol. The van der Waals surface area contributed by atoms with Crippen molar-refractivity contribution in [3.05, 3.63) is 188 Å². The van der Waals surface area contributed by atoms with Crippen molar-refractivity contribution in [2.45, 2.75) is 0 Å². The molecule has 0 heterocycles. The highest BCUT2D eigenvalue weighted by Gasteiger charge is 2.18. The van der Waals surface area contributed by atoms with E-state index in [4.69, 9.17) is 0 Å². The van der Waals surface area contributed by atoms with Crippen molar-refractivity contribution in [1.82, 2.24) is 0 Å². The van der Waals surface area contributed by atoms with Gasteiger partial charge in [-0.3, -0.25) is 0 Å². The molecule has 8 rings (SSSR count). The zero-order valence-electron chi connectivity index (χ0n) is 24.8. The molecule has 45 heavy (non-hydrogen) atoms. The molecule has 0 unspecified atom stereocenters. The summed E-state index contributed by atoms with van der Waals surface area (Å²) in [7, 11) is -0.677. The Hall–Kier alpha value is -5.29. The number of rotatable bonds is 6. The molecule has 0 nitrogen and oxygen atoms in total. The molecule has 0 N–H and O–H groups in total. The second-order valence-electron chi connectivity index (χ2n) is 11.3. The molecule has 0 saturated carbocycles. The van der Waals surface area contributed by atoms with Crippen LogP contribution in [0.5, 0.6) is 0 Å². The van der Waals surface area contributed by atoms with Gasteiger partial charge < -0.3 is 0 Å². The van der Waals surface area contributed by atoms with E-state index in [-0.39, 0.29) is 0 Å². The molecular formula is C44H31P. The van der Waals surface area contributed by atoms with Crippen LogP contribution in [-0.2, 0) is 0 Å². The van der Waals surface area contributed by atoms with Gasteiger partial charge in [-0.1, -0.05) is 176 Å². The van der Waals surface area contributed by atoms with E-state index in [1.54, 1.807) is 0 Å². The van der Waals surface area contributed by atoms with Gasteiger partial charge in [-0.15, -0.1) is 0 Å². The standard InChI is InChI=1S/C44H31P/c1-4-16-32(17-5-1)43-39-26-10-12-28-41(39)44(42-29-13-11-27-40(42)43)35-20-14-18-33(30-35)34-19-15-25-38(31-34)45(36-21-6-2-7-22-36)37-23-8-3-9-24-37/h1-31H. The van der Waals surface area contributed by atoms with Crippen LogP contribution in [-0.4, -0.2) is 0 Å². The maximum atomic E-state index is 2.40. The third kappa shape index (κ3) is 5.14. The van der Waals surface area contributed by atoms with E-state index in [0.717, 1.165) is 0 Å². The number of benzene rings is 8. The average Bonchev–Trinajstić information content (AvgIpc) is 3.12. The zero-order chi connectivity index (χ0) is 30.0. The summed E-state index contributed by atoms with van der Waals surface area (Å²) in [5.41, 5.74) is 7.53. The first kappa shape index (κ1) is 27.3. The lowest BCUT2D eigenvalue weighted by Gasteiger charge is -2.20. The maximum absolute atomic E-state index is 2.40. The average molecular weight is 591 g/mol. The van der Waals surface area contributed by atoms with E-state index in [1.165, 1.54) is 70.8 Å². The molecule has 0 aromatic heterocycles. The van der Waals surface area contributed by atoms with Crippen LogP contribution in [0, 0.1) is 0 Å². The third-order valence-corrected chi connectivity index (χ3v) is 11.0. The molecule has 0 amide bonds. The maximum Gasteiger partial charge on any atom is -0.00262 e.